The van der Waals surface area contributed by atoms with Crippen molar-refractivity contribution in [3.05, 3.63) is 54.1 Å². The molecule has 0 aliphatic carbocycles. The SMILES string of the molecule is COc1ccccc1N=Cc1ccc(NC(C)=O)cc1. The molecule has 102 valence electrons. The van der Waals surface area contributed by atoms with E-state index in [9.17, 15) is 4.79 Å². The number of carbonyl (C=O) groups excluding carboxylic acids is 1. The van der Waals surface area contributed by atoms with Crippen LogP contribution in [0.15, 0.2) is 53.5 Å². The molecule has 4 nitrogen and oxygen atoms in total. The molecule has 0 aromatic heterocycles. The molecule has 0 aliphatic heterocycles. The second-order valence-electron chi connectivity index (χ2n) is 4.23. The molecule has 2 aromatic rings. The summed E-state index contributed by atoms with van der Waals surface area (Å²) in [5.41, 5.74) is 2.50. The lowest BCUT2D eigenvalue weighted by Gasteiger charge is -2.03. The zero-order valence-corrected chi connectivity index (χ0v) is 11.5. The number of nitrogens with one attached hydrogen (secondary N) is 1. The van der Waals surface area contributed by atoms with Gasteiger partial charge < -0.3 is 10.1 Å². The van der Waals surface area contributed by atoms with Gasteiger partial charge in [-0.1, -0.05) is 24.3 Å². The predicted octanol–water partition coefficient (Wildman–Crippen LogP) is 3.40. The summed E-state index contributed by atoms with van der Waals surface area (Å²) in [4.78, 5) is 15.3. The van der Waals surface area contributed by atoms with Crippen LogP contribution in [0, 0.1) is 0 Å². The van der Waals surface area contributed by atoms with Crippen LogP contribution in [0.1, 0.15) is 12.5 Å². The van der Waals surface area contributed by atoms with Gasteiger partial charge in [0.2, 0.25) is 5.91 Å². The van der Waals surface area contributed by atoms with Gasteiger partial charge in [-0.15, -0.1) is 0 Å². The molecule has 0 atom stereocenters. The largest absolute Gasteiger partial charge is 0.494 e. The number of carbonyl (C=O) groups is 1. The fourth-order valence-electron chi connectivity index (χ4n) is 1.74. The Kier molecular flexibility index (Phi) is 4.50. The summed E-state index contributed by atoms with van der Waals surface area (Å²) in [7, 11) is 1.62. The number of para-hydroxylation sites is 2. The Balaban J connectivity index is 2.13. The predicted molar refractivity (Wildman–Crippen MR) is 81.0 cm³/mol. The summed E-state index contributed by atoms with van der Waals surface area (Å²) in [5.74, 6) is 0.652. The normalized spacial score (nSPS) is 10.5. The van der Waals surface area contributed by atoms with Crippen LogP contribution in [-0.4, -0.2) is 19.2 Å². The van der Waals surface area contributed by atoms with Gasteiger partial charge in [0.05, 0.1) is 7.11 Å². The fourth-order valence-corrected chi connectivity index (χ4v) is 1.74. The van der Waals surface area contributed by atoms with E-state index >= 15 is 0 Å². The Hall–Kier alpha value is -2.62. The lowest BCUT2D eigenvalue weighted by atomic mass is 10.2. The van der Waals surface area contributed by atoms with Crippen molar-refractivity contribution in [2.45, 2.75) is 6.92 Å². The topological polar surface area (TPSA) is 50.7 Å². The molecule has 0 unspecified atom stereocenters. The van der Waals surface area contributed by atoms with Crippen molar-refractivity contribution in [3.8, 4) is 5.75 Å². The maximum atomic E-state index is 10.9. The van der Waals surface area contributed by atoms with E-state index in [0.717, 1.165) is 22.7 Å². The lowest BCUT2D eigenvalue weighted by Crippen LogP contribution is -2.05. The van der Waals surface area contributed by atoms with Gasteiger partial charge in [-0.3, -0.25) is 9.79 Å². The third-order valence-corrected chi connectivity index (χ3v) is 2.67. The highest BCUT2D eigenvalue weighted by molar-refractivity contribution is 5.89. The minimum absolute atomic E-state index is 0.0829. The van der Waals surface area contributed by atoms with E-state index in [-0.39, 0.29) is 5.91 Å². The fraction of sp³-hybridized carbons (Fsp3) is 0.125. The quantitative estimate of drug-likeness (QED) is 0.864. The van der Waals surface area contributed by atoms with Crippen LogP contribution >= 0.6 is 0 Å². The Bertz CT molecular complexity index is 619. The number of nitrogens with zero attached hydrogens (tertiary/aromatic N) is 1. The first-order valence-corrected chi connectivity index (χ1v) is 6.24. The smallest absolute Gasteiger partial charge is 0.221 e. The summed E-state index contributed by atoms with van der Waals surface area (Å²) < 4.78 is 5.24. The van der Waals surface area contributed by atoms with E-state index < -0.39 is 0 Å². The van der Waals surface area contributed by atoms with E-state index in [2.05, 4.69) is 10.3 Å². The molecule has 2 rings (SSSR count). The number of ether oxygens (including phenoxy) is 1. The first kappa shape index (κ1) is 13.8. The summed E-state index contributed by atoms with van der Waals surface area (Å²) in [6, 6.07) is 15.0. The van der Waals surface area contributed by atoms with Gasteiger partial charge in [-0.25, -0.2) is 0 Å². The number of amides is 1. The summed E-state index contributed by atoms with van der Waals surface area (Å²) in [6.07, 6.45) is 1.76. The van der Waals surface area contributed by atoms with Crippen molar-refractivity contribution >= 4 is 23.5 Å². The van der Waals surface area contributed by atoms with E-state index in [4.69, 9.17) is 4.74 Å². The summed E-state index contributed by atoms with van der Waals surface area (Å²) in [5, 5.41) is 2.72. The number of anilines is 1. The van der Waals surface area contributed by atoms with Crippen LogP contribution < -0.4 is 10.1 Å². The molecule has 0 fully saturated rings. The molecule has 0 heterocycles. The average molecular weight is 268 g/mol. The van der Waals surface area contributed by atoms with Crippen molar-refractivity contribution in [2.75, 3.05) is 12.4 Å². The monoisotopic (exact) mass is 268 g/mol. The van der Waals surface area contributed by atoms with Gasteiger partial charge in [0, 0.05) is 18.8 Å². The van der Waals surface area contributed by atoms with E-state index in [1.807, 2.05) is 48.5 Å². The molecule has 1 N–H and O–H groups in total. The summed E-state index contributed by atoms with van der Waals surface area (Å²) >= 11 is 0. The molecule has 0 radical (unpaired) electrons. The molecule has 1 amide bonds. The first-order chi connectivity index (χ1) is 9.69. The maximum absolute atomic E-state index is 10.9. The zero-order chi connectivity index (χ0) is 14.4. The number of methoxy groups -OCH3 is 1. The molecular formula is C16H16N2O2. The minimum Gasteiger partial charge on any atom is -0.494 e. The van der Waals surface area contributed by atoms with Crippen molar-refractivity contribution in [3.63, 3.8) is 0 Å². The number of benzene rings is 2. The van der Waals surface area contributed by atoms with Crippen LogP contribution in [0.4, 0.5) is 11.4 Å². The Labute approximate surface area is 118 Å². The van der Waals surface area contributed by atoms with E-state index in [0.29, 0.717) is 0 Å². The van der Waals surface area contributed by atoms with Crippen molar-refractivity contribution in [1.82, 2.24) is 0 Å². The second kappa shape index (κ2) is 6.52. The van der Waals surface area contributed by atoms with Gasteiger partial charge in [0.25, 0.3) is 0 Å². The Morgan fingerprint density at radius 1 is 1.15 bits per heavy atom. The van der Waals surface area contributed by atoms with Crippen molar-refractivity contribution in [2.24, 2.45) is 4.99 Å². The molecule has 0 bridgehead atoms. The Morgan fingerprint density at radius 2 is 1.85 bits per heavy atom. The highest BCUT2D eigenvalue weighted by Crippen LogP contribution is 2.26. The third-order valence-electron chi connectivity index (χ3n) is 2.67. The highest BCUT2D eigenvalue weighted by Gasteiger charge is 1.98. The standard InChI is InChI=1S/C16H16N2O2/c1-12(19)18-14-9-7-13(8-10-14)11-17-15-5-3-4-6-16(15)20-2/h3-11H,1-2H3,(H,18,19). The van der Waals surface area contributed by atoms with Gasteiger partial charge >= 0.3 is 0 Å². The van der Waals surface area contributed by atoms with Crippen LogP contribution in [-0.2, 0) is 4.79 Å². The van der Waals surface area contributed by atoms with Crippen LogP contribution in [0.2, 0.25) is 0 Å². The highest BCUT2D eigenvalue weighted by atomic mass is 16.5. The Morgan fingerprint density at radius 3 is 2.50 bits per heavy atom. The molecule has 4 heteroatoms. The first-order valence-electron chi connectivity index (χ1n) is 6.24. The van der Waals surface area contributed by atoms with E-state index in [1.165, 1.54) is 6.92 Å². The molecule has 0 saturated carbocycles. The number of aliphatic imine (C=N–C) groups is 1. The van der Waals surface area contributed by atoms with Gasteiger partial charge in [-0.05, 0) is 29.8 Å². The molecular weight excluding hydrogens is 252 g/mol. The number of hydrogen-bond acceptors (Lipinski definition) is 3. The van der Waals surface area contributed by atoms with Gasteiger partial charge in [0.1, 0.15) is 11.4 Å². The van der Waals surface area contributed by atoms with Crippen LogP contribution in [0.3, 0.4) is 0 Å². The molecule has 0 aliphatic rings. The van der Waals surface area contributed by atoms with Crippen molar-refractivity contribution < 1.29 is 9.53 Å². The second-order valence-corrected chi connectivity index (χ2v) is 4.23. The number of rotatable bonds is 4. The lowest BCUT2D eigenvalue weighted by molar-refractivity contribution is -0.114. The zero-order valence-electron chi connectivity index (χ0n) is 11.5. The maximum Gasteiger partial charge on any atom is 0.221 e. The van der Waals surface area contributed by atoms with Crippen molar-refractivity contribution in [1.29, 1.82) is 0 Å². The molecule has 20 heavy (non-hydrogen) atoms. The third kappa shape index (κ3) is 3.68. The van der Waals surface area contributed by atoms with Crippen LogP contribution in [0.5, 0.6) is 5.75 Å². The molecule has 2 aromatic carbocycles. The van der Waals surface area contributed by atoms with Gasteiger partial charge in [-0.2, -0.15) is 0 Å². The van der Waals surface area contributed by atoms with Crippen LogP contribution in [0.25, 0.3) is 0 Å². The summed E-state index contributed by atoms with van der Waals surface area (Å²) in [6.45, 7) is 1.48. The number of hydrogen-bond donors (Lipinski definition) is 1. The minimum atomic E-state index is -0.0829. The molecule has 0 saturated heterocycles. The van der Waals surface area contributed by atoms with Gasteiger partial charge in [0.15, 0.2) is 0 Å². The molecule has 0 spiro atoms. The average Bonchev–Trinajstić information content (AvgIpc) is 2.46. The van der Waals surface area contributed by atoms with E-state index in [1.54, 1.807) is 13.3 Å².